The van der Waals surface area contributed by atoms with E-state index in [9.17, 15) is 10.1 Å². The van der Waals surface area contributed by atoms with Gasteiger partial charge >= 0.3 is 0 Å². The van der Waals surface area contributed by atoms with Crippen LogP contribution < -0.4 is 5.32 Å². The van der Waals surface area contributed by atoms with Crippen molar-refractivity contribution in [2.24, 2.45) is 0 Å². The Labute approximate surface area is 97.3 Å². The first-order chi connectivity index (χ1) is 7.69. The highest BCUT2D eigenvalue weighted by atomic mass is 32.2. The number of thioether (sulfide) groups is 1. The highest BCUT2D eigenvalue weighted by molar-refractivity contribution is 8.00. The molecule has 0 bridgehead atoms. The van der Waals surface area contributed by atoms with Crippen LogP contribution in [0.25, 0.3) is 0 Å². The van der Waals surface area contributed by atoms with Gasteiger partial charge in [-0.3, -0.25) is 10.1 Å². The van der Waals surface area contributed by atoms with Crippen LogP contribution in [0.3, 0.4) is 0 Å². The number of rotatable bonds is 4. The lowest BCUT2D eigenvalue weighted by Crippen LogP contribution is -2.30. The Morgan fingerprint density at radius 2 is 2.25 bits per heavy atom. The van der Waals surface area contributed by atoms with Crippen molar-refractivity contribution in [3.8, 4) is 0 Å². The zero-order chi connectivity index (χ0) is 11.5. The van der Waals surface area contributed by atoms with Gasteiger partial charge in [-0.15, -0.1) is 11.8 Å². The molecule has 1 heterocycles. The Hall–Kier alpha value is -1.27. The molecule has 6 heteroatoms. The van der Waals surface area contributed by atoms with Gasteiger partial charge in [0.05, 0.1) is 23.4 Å². The molecular formula is C10H12N2O3S. The summed E-state index contributed by atoms with van der Waals surface area (Å²) in [6.07, 6.45) is 0. The SMILES string of the molecule is CNc1cc(SC2COC2)cc([N+](=O)[O-])c1. The van der Waals surface area contributed by atoms with E-state index in [1.807, 2.05) is 6.07 Å². The highest BCUT2D eigenvalue weighted by Crippen LogP contribution is 2.32. The molecule has 0 atom stereocenters. The summed E-state index contributed by atoms with van der Waals surface area (Å²) in [6, 6.07) is 5.04. The first-order valence-electron chi connectivity index (χ1n) is 4.90. The van der Waals surface area contributed by atoms with Crippen molar-refractivity contribution in [3.05, 3.63) is 28.3 Å². The van der Waals surface area contributed by atoms with Crippen LogP contribution in [0.4, 0.5) is 11.4 Å². The maximum absolute atomic E-state index is 10.7. The van der Waals surface area contributed by atoms with Gasteiger partial charge in [-0.05, 0) is 6.07 Å². The van der Waals surface area contributed by atoms with E-state index in [-0.39, 0.29) is 10.6 Å². The molecule has 0 aromatic heterocycles. The van der Waals surface area contributed by atoms with Gasteiger partial charge in [-0.2, -0.15) is 0 Å². The van der Waals surface area contributed by atoms with E-state index < -0.39 is 0 Å². The number of nitrogens with zero attached hydrogens (tertiary/aromatic N) is 1. The van der Waals surface area contributed by atoms with Crippen molar-refractivity contribution >= 4 is 23.1 Å². The van der Waals surface area contributed by atoms with Crippen molar-refractivity contribution in [1.29, 1.82) is 0 Å². The predicted octanol–water partition coefficient (Wildman–Crippen LogP) is 2.13. The largest absolute Gasteiger partial charge is 0.388 e. The first kappa shape index (κ1) is 11.2. The van der Waals surface area contributed by atoms with Crippen LogP contribution >= 0.6 is 11.8 Å². The summed E-state index contributed by atoms with van der Waals surface area (Å²) < 4.78 is 5.07. The number of ether oxygens (including phenoxy) is 1. The summed E-state index contributed by atoms with van der Waals surface area (Å²) in [5.41, 5.74) is 0.881. The monoisotopic (exact) mass is 240 g/mol. The average Bonchev–Trinajstić information content (AvgIpc) is 2.23. The lowest BCUT2D eigenvalue weighted by molar-refractivity contribution is -0.385. The van der Waals surface area contributed by atoms with Gasteiger partial charge in [0, 0.05) is 29.8 Å². The zero-order valence-electron chi connectivity index (χ0n) is 8.80. The van der Waals surface area contributed by atoms with Gasteiger partial charge < -0.3 is 10.1 Å². The van der Waals surface area contributed by atoms with E-state index in [4.69, 9.17) is 4.74 Å². The Balaban J connectivity index is 2.21. The maximum Gasteiger partial charge on any atom is 0.272 e. The van der Waals surface area contributed by atoms with E-state index >= 15 is 0 Å². The van der Waals surface area contributed by atoms with Crippen LogP contribution in [-0.2, 0) is 4.74 Å². The topological polar surface area (TPSA) is 64.4 Å². The molecule has 0 aliphatic carbocycles. The fourth-order valence-electron chi connectivity index (χ4n) is 1.38. The van der Waals surface area contributed by atoms with E-state index in [2.05, 4.69) is 5.32 Å². The molecule has 0 saturated carbocycles. The van der Waals surface area contributed by atoms with E-state index in [1.54, 1.807) is 24.9 Å². The minimum Gasteiger partial charge on any atom is -0.388 e. The summed E-state index contributed by atoms with van der Waals surface area (Å²) in [5.74, 6) is 0. The number of non-ortho nitro benzene ring substituents is 1. The van der Waals surface area contributed by atoms with Gasteiger partial charge in [-0.1, -0.05) is 0 Å². The Bertz CT molecular complexity index is 407. The molecular weight excluding hydrogens is 228 g/mol. The minimum absolute atomic E-state index is 0.120. The predicted molar refractivity (Wildman–Crippen MR) is 63.1 cm³/mol. The summed E-state index contributed by atoms with van der Waals surface area (Å²) >= 11 is 1.62. The molecule has 0 unspecified atom stereocenters. The van der Waals surface area contributed by atoms with Gasteiger partial charge in [0.25, 0.3) is 5.69 Å². The number of hydrogen-bond acceptors (Lipinski definition) is 5. The summed E-state index contributed by atoms with van der Waals surface area (Å²) in [5, 5.41) is 14.1. The highest BCUT2D eigenvalue weighted by Gasteiger charge is 2.21. The first-order valence-corrected chi connectivity index (χ1v) is 5.78. The number of anilines is 1. The second-order valence-electron chi connectivity index (χ2n) is 3.50. The second kappa shape index (κ2) is 4.71. The Kier molecular flexibility index (Phi) is 3.31. The number of nitro groups is 1. The minimum atomic E-state index is -0.373. The summed E-state index contributed by atoms with van der Waals surface area (Å²) in [4.78, 5) is 11.3. The molecule has 1 N–H and O–H groups in total. The van der Waals surface area contributed by atoms with E-state index in [1.165, 1.54) is 6.07 Å². The molecule has 1 aliphatic heterocycles. The molecule has 1 fully saturated rings. The molecule has 0 spiro atoms. The van der Waals surface area contributed by atoms with Gasteiger partial charge in [0.2, 0.25) is 0 Å². The van der Waals surface area contributed by atoms with Crippen molar-refractivity contribution in [2.75, 3.05) is 25.6 Å². The molecule has 5 nitrogen and oxygen atoms in total. The van der Waals surface area contributed by atoms with Crippen LogP contribution in [0, 0.1) is 10.1 Å². The number of hydrogen-bond donors (Lipinski definition) is 1. The average molecular weight is 240 g/mol. The molecule has 16 heavy (non-hydrogen) atoms. The molecule has 1 aromatic carbocycles. The Morgan fingerprint density at radius 1 is 1.50 bits per heavy atom. The fraction of sp³-hybridized carbons (Fsp3) is 0.400. The zero-order valence-corrected chi connectivity index (χ0v) is 9.62. The molecule has 2 rings (SSSR count). The van der Waals surface area contributed by atoms with Crippen molar-refractivity contribution in [1.82, 2.24) is 0 Å². The third kappa shape index (κ3) is 2.45. The molecule has 1 aliphatic rings. The van der Waals surface area contributed by atoms with Crippen LogP contribution in [0.2, 0.25) is 0 Å². The molecule has 0 amide bonds. The molecule has 0 radical (unpaired) electrons. The summed E-state index contributed by atoms with van der Waals surface area (Å²) in [7, 11) is 1.75. The molecule has 1 saturated heterocycles. The number of benzene rings is 1. The van der Waals surface area contributed by atoms with Crippen LogP contribution in [0.15, 0.2) is 23.1 Å². The van der Waals surface area contributed by atoms with Gasteiger partial charge in [0.15, 0.2) is 0 Å². The fourth-order valence-corrected chi connectivity index (χ4v) is 2.47. The quantitative estimate of drug-likeness (QED) is 0.645. The summed E-state index contributed by atoms with van der Waals surface area (Å²) in [6.45, 7) is 1.45. The smallest absolute Gasteiger partial charge is 0.272 e. The lowest BCUT2D eigenvalue weighted by atomic mass is 10.3. The van der Waals surface area contributed by atoms with Crippen molar-refractivity contribution in [3.63, 3.8) is 0 Å². The molecule has 86 valence electrons. The number of nitrogens with one attached hydrogen (secondary N) is 1. The van der Waals surface area contributed by atoms with Gasteiger partial charge in [-0.25, -0.2) is 0 Å². The number of nitro benzene ring substituents is 1. The van der Waals surface area contributed by atoms with Crippen molar-refractivity contribution < 1.29 is 9.66 Å². The third-order valence-electron chi connectivity index (χ3n) is 2.30. The van der Waals surface area contributed by atoms with E-state index in [0.29, 0.717) is 5.25 Å². The third-order valence-corrected chi connectivity index (χ3v) is 3.41. The van der Waals surface area contributed by atoms with Gasteiger partial charge in [0.1, 0.15) is 0 Å². The molecule has 1 aromatic rings. The van der Waals surface area contributed by atoms with Crippen LogP contribution in [0.1, 0.15) is 0 Å². The van der Waals surface area contributed by atoms with Crippen LogP contribution in [0.5, 0.6) is 0 Å². The standard InChI is InChI=1S/C10H12N2O3S/c1-11-7-2-8(12(13)14)4-9(3-7)16-10-5-15-6-10/h2-4,10-11H,5-6H2,1H3. The maximum atomic E-state index is 10.7. The normalized spacial score (nSPS) is 15.6. The van der Waals surface area contributed by atoms with E-state index in [0.717, 1.165) is 23.8 Å². The lowest BCUT2D eigenvalue weighted by Gasteiger charge is -2.25. The second-order valence-corrected chi connectivity index (χ2v) is 4.87. The van der Waals surface area contributed by atoms with Crippen molar-refractivity contribution in [2.45, 2.75) is 10.1 Å². The Morgan fingerprint density at radius 3 is 2.75 bits per heavy atom. The van der Waals surface area contributed by atoms with Crippen LogP contribution in [-0.4, -0.2) is 30.4 Å².